The van der Waals surface area contributed by atoms with E-state index in [-0.39, 0.29) is 12.2 Å². The summed E-state index contributed by atoms with van der Waals surface area (Å²) in [5, 5.41) is 17.6. The quantitative estimate of drug-likeness (QED) is 0.890. The SMILES string of the molecule is COC(C)(C)Cc1nnc(CO)n1-c1ccccc1. The molecule has 0 aliphatic rings. The second-order valence-corrected chi connectivity index (χ2v) is 5.00. The Hall–Kier alpha value is -1.72. The van der Waals surface area contributed by atoms with E-state index in [1.54, 1.807) is 7.11 Å². The van der Waals surface area contributed by atoms with E-state index in [9.17, 15) is 5.11 Å². The Bertz CT molecular complexity index is 535. The second-order valence-electron chi connectivity index (χ2n) is 5.00. The van der Waals surface area contributed by atoms with Gasteiger partial charge in [0.15, 0.2) is 5.82 Å². The van der Waals surface area contributed by atoms with Crippen molar-refractivity contribution in [2.24, 2.45) is 0 Å². The Morgan fingerprint density at radius 2 is 1.79 bits per heavy atom. The Labute approximate surface area is 112 Å². The molecule has 1 aromatic carbocycles. The molecule has 19 heavy (non-hydrogen) atoms. The third-order valence-corrected chi connectivity index (χ3v) is 3.09. The lowest BCUT2D eigenvalue weighted by atomic mass is 10.0. The molecular weight excluding hydrogens is 242 g/mol. The predicted molar refractivity (Wildman–Crippen MR) is 72.1 cm³/mol. The number of aliphatic hydroxyl groups excluding tert-OH is 1. The highest BCUT2D eigenvalue weighted by molar-refractivity contribution is 5.34. The van der Waals surface area contributed by atoms with E-state index < -0.39 is 0 Å². The van der Waals surface area contributed by atoms with Gasteiger partial charge in [-0.2, -0.15) is 0 Å². The molecule has 0 fully saturated rings. The average Bonchev–Trinajstić information content (AvgIpc) is 2.82. The summed E-state index contributed by atoms with van der Waals surface area (Å²) < 4.78 is 7.31. The Morgan fingerprint density at radius 3 is 2.37 bits per heavy atom. The zero-order valence-corrected chi connectivity index (χ0v) is 11.5. The van der Waals surface area contributed by atoms with E-state index in [0.29, 0.717) is 12.2 Å². The van der Waals surface area contributed by atoms with Crippen molar-refractivity contribution < 1.29 is 9.84 Å². The maximum absolute atomic E-state index is 9.39. The zero-order chi connectivity index (χ0) is 13.9. The minimum absolute atomic E-state index is 0.144. The summed E-state index contributed by atoms with van der Waals surface area (Å²) in [7, 11) is 1.68. The van der Waals surface area contributed by atoms with Gasteiger partial charge in [-0.25, -0.2) is 0 Å². The van der Waals surface area contributed by atoms with Crippen molar-refractivity contribution in [2.45, 2.75) is 32.5 Å². The lowest BCUT2D eigenvalue weighted by Gasteiger charge is -2.22. The molecule has 0 aliphatic heterocycles. The van der Waals surface area contributed by atoms with Crippen molar-refractivity contribution in [1.82, 2.24) is 14.8 Å². The predicted octanol–water partition coefficient (Wildman–Crippen LogP) is 1.73. The minimum atomic E-state index is -0.327. The van der Waals surface area contributed by atoms with Gasteiger partial charge in [-0.3, -0.25) is 4.57 Å². The molecule has 0 unspecified atom stereocenters. The number of aliphatic hydroxyl groups is 1. The van der Waals surface area contributed by atoms with E-state index in [1.165, 1.54) is 0 Å². The van der Waals surface area contributed by atoms with Gasteiger partial charge in [-0.1, -0.05) is 18.2 Å². The molecule has 0 bridgehead atoms. The summed E-state index contributed by atoms with van der Waals surface area (Å²) in [6, 6.07) is 9.77. The highest BCUT2D eigenvalue weighted by atomic mass is 16.5. The van der Waals surface area contributed by atoms with Crippen LogP contribution in [0.5, 0.6) is 0 Å². The smallest absolute Gasteiger partial charge is 0.163 e. The number of para-hydroxylation sites is 1. The molecule has 0 amide bonds. The van der Waals surface area contributed by atoms with Crippen molar-refractivity contribution >= 4 is 0 Å². The fourth-order valence-corrected chi connectivity index (χ4v) is 1.90. The zero-order valence-electron chi connectivity index (χ0n) is 11.5. The average molecular weight is 261 g/mol. The van der Waals surface area contributed by atoms with Gasteiger partial charge in [0.2, 0.25) is 0 Å². The molecule has 2 rings (SSSR count). The van der Waals surface area contributed by atoms with Gasteiger partial charge < -0.3 is 9.84 Å². The van der Waals surface area contributed by atoms with Crippen molar-refractivity contribution in [1.29, 1.82) is 0 Å². The maximum atomic E-state index is 9.39. The van der Waals surface area contributed by atoms with Crippen LogP contribution in [-0.2, 0) is 17.8 Å². The Morgan fingerprint density at radius 1 is 1.16 bits per heavy atom. The third kappa shape index (κ3) is 3.00. The van der Waals surface area contributed by atoms with Crippen LogP contribution in [0.2, 0.25) is 0 Å². The van der Waals surface area contributed by atoms with Crippen LogP contribution in [0.3, 0.4) is 0 Å². The Balaban J connectivity index is 2.44. The molecule has 0 spiro atoms. The van der Waals surface area contributed by atoms with Crippen LogP contribution in [0.15, 0.2) is 30.3 Å². The summed E-state index contributed by atoms with van der Waals surface area (Å²) in [4.78, 5) is 0. The minimum Gasteiger partial charge on any atom is -0.388 e. The first-order valence-corrected chi connectivity index (χ1v) is 6.22. The molecule has 5 heteroatoms. The lowest BCUT2D eigenvalue weighted by molar-refractivity contribution is 0.0212. The molecule has 102 valence electrons. The number of nitrogens with zero attached hydrogens (tertiary/aromatic N) is 3. The summed E-state index contributed by atoms with van der Waals surface area (Å²) in [6.07, 6.45) is 0.616. The number of hydrogen-bond donors (Lipinski definition) is 1. The standard InChI is InChI=1S/C14H19N3O2/c1-14(2,19-3)9-12-15-16-13(10-18)17(12)11-7-5-4-6-8-11/h4-8,18H,9-10H2,1-3H3. The first kappa shape index (κ1) is 13.7. The van der Waals surface area contributed by atoms with Crippen molar-refractivity contribution in [3.63, 3.8) is 0 Å². The molecule has 1 aromatic heterocycles. The molecule has 1 heterocycles. The molecule has 0 saturated heterocycles. The second kappa shape index (κ2) is 5.50. The normalized spacial score (nSPS) is 11.8. The molecule has 0 atom stereocenters. The van der Waals surface area contributed by atoms with Crippen LogP contribution in [0.25, 0.3) is 5.69 Å². The van der Waals surface area contributed by atoms with Gasteiger partial charge in [-0.05, 0) is 26.0 Å². The fourth-order valence-electron chi connectivity index (χ4n) is 1.90. The van der Waals surface area contributed by atoms with E-state index in [2.05, 4.69) is 10.2 Å². The number of benzene rings is 1. The maximum Gasteiger partial charge on any atom is 0.163 e. The van der Waals surface area contributed by atoms with Crippen LogP contribution < -0.4 is 0 Å². The summed E-state index contributed by atoms with van der Waals surface area (Å²) in [5.41, 5.74) is 0.616. The van der Waals surface area contributed by atoms with E-state index >= 15 is 0 Å². The van der Waals surface area contributed by atoms with Crippen LogP contribution in [0.4, 0.5) is 0 Å². The topological polar surface area (TPSA) is 60.2 Å². The third-order valence-electron chi connectivity index (χ3n) is 3.09. The monoisotopic (exact) mass is 261 g/mol. The van der Waals surface area contributed by atoms with Gasteiger partial charge in [-0.15, -0.1) is 10.2 Å². The van der Waals surface area contributed by atoms with Crippen molar-refractivity contribution in [2.75, 3.05) is 7.11 Å². The fraction of sp³-hybridized carbons (Fsp3) is 0.429. The molecular formula is C14H19N3O2. The summed E-state index contributed by atoms with van der Waals surface area (Å²) in [6.45, 7) is 3.85. The number of methoxy groups -OCH3 is 1. The van der Waals surface area contributed by atoms with Crippen molar-refractivity contribution in [3.8, 4) is 5.69 Å². The van der Waals surface area contributed by atoms with Crippen LogP contribution in [0.1, 0.15) is 25.5 Å². The van der Waals surface area contributed by atoms with Gasteiger partial charge in [0, 0.05) is 19.2 Å². The largest absolute Gasteiger partial charge is 0.388 e. The van der Waals surface area contributed by atoms with Gasteiger partial charge in [0.25, 0.3) is 0 Å². The molecule has 0 saturated carbocycles. The number of ether oxygens (including phenoxy) is 1. The first-order valence-electron chi connectivity index (χ1n) is 6.22. The van der Waals surface area contributed by atoms with Gasteiger partial charge >= 0.3 is 0 Å². The van der Waals surface area contributed by atoms with Crippen molar-refractivity contribution in [3.05, 3.63) is 42.0 Å². The van der Waals surface area contributed by atoms with Gasteiger partial charge in [0.1, 0.15) is 12.4 Å². The molecule has 5 nitrogen and oxygen atoms in total. The number of rotatable bonds is 5. The van der Waals surface area contributed by atoms with Crippen LogP contribution >= 0.6 is 0 Å². The molecule has 0 radical (unpaired) electrons. The molecule has 2 aromatic rings. The van der Waals surface area contributed by atoms with E-state index in [1.807, 2.05) is 48.7 Å². The molecule has 0 aliphatic carbocycles. The highest BCUT2D eigenvalue weighted by Gasteiger charge is 2.23. The van der Waals surface area contributed by atoms with E-state index in [0.717, 1.165) is 11.5 Å². The lowest BCUT2D eigenvalue weighted by Crippen LogP contribution is -2.27. The first-order chi connectivity index (χ1) is 9.07. The summed E-state index contributed by atoms with van der Waals surface area (Å²) in [5.74, 6) is 1.32. The molecule has 1 N–H and O–H groups in total. The van der Waals surface area contributed by atoms with Gasteiger partial charge in [0.05, 0.1) is 5.60 Å². The highest BCUT2D eigenvalue weighted by Crippen LogP contribution is 2.19. The Kier molecular flexibility index (Phi) is 3.97. The van der Waals surface area contributed by atoms with E-state index in [4.69, 9.17) is 4.74 Å². The van der Waals surface area contributed by atoms with Crippen LogP contribution in [0, 0.1) is 0 Å². The number of aromatic nitrogens is 3. The van der Waals surface area contributed by atoms with Crippen LogP contribution in [-0.4, -0.2) is 32.6 Å². The number of hydrogen-bond acceptors (Lipinski definition) is 4. The summed E-state index contributed by atoms with van der Waals surface area (Å²) >= 11 is 0.